The van der Waals surface area contributed by atoms with Crippen LogP contribution in [0.4, 0.5) is 5.82 Å². The van der Waals surface area contributed by atoms with Gasteiger partial charge in [0.2, 0.25) is 5.91 Å². The van der Waals surface area contributed by atoms with E-state index in [2.05, 4.69) is 38.5 Å². The van der Waals surface area contributed by atoms with Crippen molar-refractivity contribution in [2.75, 3.05) is 50.7 Å². The summed E-state index contributed by atoms with van der Waals surface area (Å²) in [5.41, 5.74) is 1.56. The fourth-order valence-corrected chi connectivity index (χ4v) is 3.96. The first kappa shape index (κ1) is 22.1. The molecule has 1 saturated heterocycles. The summed E-state index contributed by atoms with van der Waals surface area (Å²) in [4.78, 5) is 25.8. The van der Waals surface area contributed by atoms with Crippen LogP contribution < -0.4 is 15.5 Å². The molecular weight excluding hydrogens is 376 g/mol. The molecular formula is C23H36N6O. The second-order valence-corrected chi connectivity index (χ2v) is 7.85. The predicted octanol–water partition coefficient (Wildman–Crippen LogP) is 2.57. The molecule has 0 bridgehead atoms. The van der Waals surface area contributed by atoms with E-state index in [1.165, 1.54) is 25.7 Å². The molecule has 0 aromatic carbocycles. The number of guanidine groups is 1. The van der Waals surface area contributed by atoms with Gasteiger partial charge in [0, 0.05) is 51.9 Å². The molecule has 2 N–H and O–H groups in total. The maximum Gasteiger partial charge on any atom is 0.224 e. The number of allylic oxidation sites excluding steroid dienone is 1. The summed E-state index contributed by atoms with van der Waals surface area (Å²) >= 11 is 0. The lowest BCUT2D eigenvalue weighted by Gasteiger charge is -2.35. The molecule has 1 amide bonds. The average Bonchev–Trinajstić information content (AvgIpc) is 2.80. The summed E-state index contributed by atoms with van der Waals surface area (Å²) in [5, 5.41) is 6.68. The number of aromatic nitrogens is 1. The Morgan fingerprint density at radius 3 is 2.73 bits per heavy atom. The van der Waals surface area contributed by atoms with E-state index >= 15 is 0 Å². The van der Waals surface area contributed by atoms with Crippen molar-refractivity contribution in [3.8, 4) is 0 Å². The number of anilines is 1. The van der Waals surface area contributed by atoms with Gasteiger partial charge in [0.25, 0.3) is 0 Å². The Labute approximate surface area is 180 Å². The highest BCUT2D eigenvalue weighted by atomic mass is 16.2. The van der Waals surface area contributed by atoms with Crippen LogP contribution in [0.25, 0.3) is 0 Å². The quantitative estimate of drug-likeness (QED) is 0.390. The zero-order chi connectivity index (χ0) is 21.0. The van der Waals surface area contributed by atoms with Crippen molar-refractivity contribution in [1.29, 1.82) is 0 Å². The van der Waals surface area contributed by atoms with E-state index in [1.54, 1.807) is 5.57 Å². The zero-order valence-electron chi connectivity index (χ0n) is 18.3. The number of aliphatic imine (C=N–C) groups is 1. The Balaban J connectivity index is 1.37. The number of amides is 1. The molecule has 30 heavy (non-hydrogen) atoms. The third-order valence-electron chi connectivity index (χ3n) is 5.67. The Kier molecular flexibility index (Phi) is 9.00. The largest absolute Gasteiger partial charge is 0.357 e. The number of nitrogens with zero attached hydrogens (tertiary/aromatic N) is 4. The van der Waals surface area contributed by atoms with Gasteiger partial charge in [-0.25, -0.2) is 4.98 Å². The molecule has 7 nitrogen and oxygen atoms in total. The van der Waals surface area contributed by atoms with Gasteiger partial charge in [-0.3, -0.25) is 9.79 Å². The van der Waals surface area contributed by atoms with E-state index in [1.807, 2.05) is 29.3 Å². The van der Waals surface area contributed by atoms with Crippen molar-refractivity contribution in [3.63, 3.8) is 0 Å². The highest BCUT2D eigenvalue weighted by Crippen LogP contribution is 2.19. The molecule has 2 aliphatic rings. The monoisotopic (exact) mass is 412 g/mol. The van der Waals surface area contributed by atoms with Crippen LogP contribution in [0.3, 0.4) is 0 Å². The number of hydrogen-bond acceptors (Lipinski definition) is 4. The Hall–Kier alpha value is -2.57. The third kappa shape index (κ3) is 7.04. The van der Waals surface area contributed by atoms with Crippen LogP contribution in [-0.4, -0.2) is 67.6 Å². The van der Waals surface area contributed by atoms with E-state index < -0.39 is 0 Å². The van der Waals surface area contributed by atoms with Crippen molar-refractivity contribution >= 4 is 17.7 Å². The van der Waals surface area contributed by atoms with Gasteiger partial charge in [0.1, 0.15) is 5.82 Å². The van der Waals surface area contributed by atoms with E-state index in [0.717, 1.165) is 57.5 Å². The van der Waals surface area contributed by atoms with Crippen LogP contribution in [0, 0.1) is 0 Å². The van der Waals surface area contributed by atoms with Gasteiger partial charge in [-0.1, -0.05) is 17.7 Å². The highest BCUT2D eigenvalue weighted by molar-refractivity contribution is 5.81. The minimum Gasteiger partial charge on any atom is -0.357 e. The summed E-state index contributed by atoms with van der Waals surface area (Å²) in [6, 6.07) is 5.94. The van der Waals surface area contributed by atoms with Crippen molar-refractivity contribution < 1.29 is 4.79 Å². The van der Waals surface area contributed by atoms with Crippen molar-refractivity contribution in [1.82, 2.24) is 20.5 Å². The summed E-state index contributed by atoms with van der Waals surface area (Å²) in [7, 11) is 0. The van der Waals surface area contributed by atoms with Gasteiger partial charge in [0.05, 0.1) is 6.54 Å². The fraction of sp³-hybridized carbons (Fsp3) is 0.609. The number of carbonyl (C=O) groups excluding carboxylic acids is 1. The summed E-state index contributed by atoms with van der Waals surface area (Å²) < 4.78 is 0. The van der Waals surface area contributed by atoms with Crippen molar-refractivity contribution in [3.05, 3.63) is 36.0 Å². The molecule has 7 heteroatoms. The normalized spacial score (nSPS) is 17.5. The second-order valence-electron chi connectivity index (χ2n) is 7.85. The standard InChI is InChI=1S/C23H36N6O/c1-2-24-23(26-14-11-20-8-4-3-5-9-20)27-15-12-22(30)29-18-16-28(17-19-29)21-10-6-7-13-25-21/h6-8,10,13H,2-5,9,11-12,14-19H2,1H3,(H2,24,26,27). The SMILES string of the molecule is CCNC(=NCCC(=O)N1CCN(c2ccccn2)CC1)NCCC1=CCCCC1. The van der Waals surface area contributed by atoms with Gasteiger partial charge in [-0.05, 0) is 51.2 Å². The third-order valence-corrected chi connectivity index (χ3v) is 5.67. The molecule has 164 valence electrons. The Morgan fingerprint density at radius 1 is 1.17 bits per heavy atom. The van der Waals surface area contributed by atoms with Crippen LogP contribution in [-0.2, 0) is 4.79 Å². The number of hydrogen-bond donors (Lipinski definition) is 2. The van der Waals surface area contributed by atoms with Gasteiger partial charge in [-0.15, -0.1) is 0 Å². The lowest BCUT2D eigenvalue weighted by Crippen LogP contribution is -2.49. The van der Waals surface area contributed by atoms with E-state index in [9.17, 15) is 4.79 Å². The Bertz CT molecular complexity index is 710. The summed E-state index contributed by atoms with van der Waals surface area (Å²) in [5.74, 6) is 1.98. The predicted molar refractivity (Wildman–Crippen MR) is 123 cm³/mol. The molecule has 0 radical (unpaired) electrons. The summed E-state index contributed by atoms with van der Waals surface area (Å²) in [6.07, 6.45) is 10.8. The van der Waals surface area contributed by atoms with Crippen LogP contribution in [0.5, 0.6) is 0 Å². The Morgan fingerprint density at radius 2 is 2.03 bits per heavy atom. The fourth-order valence-electron chi connectivity index (χ4n) is 3.96. The maximum atomic E-state index is 12.6. The number of pyridine rings is 1. The second kappa shape index (κ2) is 12.2. The maximum absolute atomic E-state index is 12.6. The smallest absolute Gasteiger partial charge is 0.224 e. The molecule has 0 saturated carbocycles. The zero-order valence-corrected chi connectivity index (χ0v) is 18.3. The minimum atomic E-state index is 0.183. The molecule has 0 unspecified atom stereocenters. The van der Waals surface area contributed by atoms with Gasteiger partial charge < -0.3 is 20.4 Å². The van der Waals surface area contributed by atoms with Gasteiger partial charge >= 0.3 is 0 Å². The molecule has 1 aliphatic carbocycles. The molecule has 2 heterocycles. The molecule has 1 aliphatic heterocycles. The van der Waals surface area contributed by atoms with E-state index in [4.69, 9.17) is 0 Å². The molecule has 1 fully saturated rings. The minimum absolute atomic E-state index is 0.183. The number of nitrogens with one attached hydrogen (secondary N) is 2. The van der Waals surface area contributed by atoms with E-state index in [0.29, 0.717) is 13.0 Å². The van der Waals surface area contributed by atoms with Crippen molar-refractivity contribution in [2.24, 2.45) is 4.99 Å². The molecule has 0 spiro atoms. The molecule has 1 aromatic heterocycles. The van der Waals surface area contributed by atoms with Crippen LogP contribution in [0.1, 0.15) is 45.4 Å². The molecule has 3 rings (SSSR count). The number of rotatable bonds is 8. The first-order chi connectivity index (χ1) is 14.8. The lowest BCUT2D eigenvalue weighted by molar-refractivity contribution is -0.131. The van der Waals surface area contributed by atoms with Gasteiger partial charge in [0.15, 0.2) is 5.96 Å². The number of carbonyl (C=O) groups is 1. The highest BCUT2D eigenvalue weighted by Gasteiger charge is 2.21. The molecule has 0 atom stereocenters. The lowest BCUT2D eigenvalue weighted by atomic mass is 9.97. The van der Waals surface area contributed by atoms with Crippen LogP contribution in [0.2, 0.25) is 0 Å². The molecule has 1 aromatic rings. The average molecular weight is 413 g/mol. The summed E-state index contributed by atoms with van der Waals surface area (Å²) in [6.45, 7) is 7.42. The van der Waals surface area contributed by atoms with Gasteiger partial charge in [-0.2, -0.15) is 0 Å². The van der Waals surface area contributed by atoms with E-state index in [-0.39, 0.29) is 5.91 Å². The van der Waals surface area contributed by atoms with Crippen LogP contribution >= 0.6 is 0 Å². The topological polar surface area (TPSA) is 72.9 Å². The van der Waals surface area contributed by atoms with Crippen LogP contribution in [0.15, 0.2) is 41.0 Å². The number of piperazine rings is 1. The van der Waals surface area contributed by atoms with Crippen molar-refractivity contribution in [2.45, 2.75) is 45.4 Å². The first-order valence-corrected chi connectivity index (χ1v) is 11.4. The first-order valence-electron chi connectivity index (χ1n) is 11.4.